The lowest BCUT2D eigenvalue weighted by atomic mass is 10.2. The zero-order chi connectivity index (χ0) is 18.9. The Morgan fingerprint density at radius 3 is 2.62 bits per heavy atom. The SMILES string of the molecule is C[C@H](NS(=O)(=O)c1ccccc1F)C(=O)Nc1ccc2ccn(C)c2c1. The topological polar surface area (TPSA) is 80.2 Å². The number of aryl methyl sites for hydroxylation is 1. The Bertz CT molecular complexity index is 1080. The standard InChI is InChI=1S/C18H18FN3O3S/c1-12(21-26(24,25)17-6-4-3-5-15(17)19)18(23)20-14-8-7-13-9-10-22(2)16(13)11-14/h3-12,21H,1-2H3,(H,20,23)/t12-/m0/s1. The summed E-state index contributed by atoms with van der Waals surface area (Å²) in [7, 11) is -2.26. The predicted octanol–water partition coefficient (Wildman–Crippen LogP) is 2.62. The molecule has 1 atom stereocenters. The molecule has 0 aliphatic carbocycles. The third-order valence-electron chi connectivity index (χ3n) is 4.01. The minimum absolute atomic E-state index is 0.495. The molecule has 8 heteroatoms. The second-order valence-electron chi connectivity index (χ2n) is 5.96. The monoisotopic (exact) mass is 375 g/mol. The van der Waals surface area contributed by atoms with Crippen molar-refractivity contribution in [2.75, 3.05) is 5.32 Å². The van der Waals surface area contributed by atoms with Crippen molar-refractivity contribution in [1.29, 1.82) is 0 Å². The van der Waals surface area contributed by atoms with Gasteiger partial charge in [-0.05, 0) is 42.6 Å². The third kappa shape index (κ3) is 3.61. The second kappa shape index (κ2) is 6.89. The molecule has 1 amide bonds. The Labute approximate surface area is 150 Å². The first-order valence-corrected chi connectivity index (χ1v) is 9.39. The van der Waals surface area contributed by atoms with Crippen molar-refractivity contribution in [3.63, 3.8) is 0 Å². The number of nitrogens with zero attached hydrogens (tertiary/aromatic N) is 1. The number of hydrogen-bond donors (Lipinski definition) is 2. The molecular weight excluding hydrogens is 357 g/mol. The van der Waals surface area contributed by atoms with Crippen molar-refractivity contribution in [2.24, 2.45) is 7.05 Å². The fraction of sp³-hybridized carbons (Fsp3) is 0.167. The van der Waals surface area contributed by atoms with Crippen LogP contribution >= 0.6 is 0 Å². The molecule has 136 valence electrons. The molecule has 0 bridgehead atoms. The maximum Gasteiger partial charge on any atom is 0.244 e. The van der Waals surface area contributed by atoms with E-state index >= 15 is 0 Å². The Kier molecular flexibility index (Phi) is 4.80. The number of hydrogen-bond acceptors (Lipinski definition) is 3. The number of amides is 1. The van der Waals surface area contributed by atoms with Gasteiger partial charge in [-0.1, -0.05) is 18.2 Å². The van der Waals surface area contributed by atoms with E-state index in [0.717, 1.165) is 23.0 Å². The average Bonchev–Trinajstić information content (AvgIpc) is 2.95. The highest BCUT2D eigenvalue weighted by atomic mass is 32.2. The highest BCUT2D eigenvalue weighted by Crippen LogP contribution is 2.20. The molecule has 1 aromatic heterocycles. The van der Waals surface area contributed by atoms with E-state index < -0.39 is 32.7 Å². The largest absolute Gasteiger partial charge is 0.350 e. The smallest absolute Gasteiger partial charge is 0.244 e. The molecule has 6 nitrogen and oxygen atoms in total. The van der Waals surface area contributed by atoms with Crippen molar-refractivity contribution in [3.8, 4) is 0 Å². The van der Waals surface area contributed by atoms with Gasteiger partial charge in [0.2, 0.25) is 15.9 Å². The maximum atomic E-state index is 13.7. The zero-order valence-corrected chi connectivity index (χ0v) is 15.0. The summed E-state index contributed by atoms with van der Waals surface area (Å²) in [6.45, 7) is 1.40. The number of anilines is 1. The fourth-order valence-electron chi connectivity index (χ4n) is 2.60. The Balaban J connectivity index is 1.74. The van der Waals surface area contributed by atoms with Crippen LogP contribution in [-0.4, -0.2) is 24.9 Å². The van der Waals surface area contributed by atoms with Crippen molar-refractivity contribution in [3.05, 3.63) is 60.5 Å². The van der Waals surface area contributed by atoms with Crippen molar-refractivity contribution in [2.45, 2.75) is 17.9 Å². The molecule has 0 spiro atoms. The molecule has 0 saturated heterocycles. The van der Waals surface area contributed by atoms with Crippen LogP contribution in [0.25, 0.3) is 10.9 Å². The number of carbonyl (C=O) groups is 1. The van der Waals surface area contributed by atoms with Gasteiger partial charge in [-0.25, -0.2) is 12.8 Å². The van der Waals surface area contributed by atoms with Crippen molar-refractivity contribution in [1.82, 2.24) is 9.29 Å². The summed E-state index contributed by atoms with van der Waals surface area (Å²) in [5.41, 5.74) is 1.48. The van der Waals surface area contributed by atoms with Crippen LogP contribution in [-0.2, 0) is 21.9 Å². The van der Waals surface area contributed by atoms with E-state index in [4.69, 9.17) is 0 Å². The van der Waals surface area contributed by atoms with Crippen LogP contribution in [0, 0.1) is 5.82 Å². The van der Waals surface area contributed by atoms with E-state index in [1.165, 1.54) is 19.1 Å². The number of halogens is 1. The summed E-state index contributed by atoms with van der Waals surface area (Å²) in [5, 5.41) is 3.69. The van der Waals surface area contributed by atoms with Gasteiger partial charge in [-0.3, -0.25) is 4.79 Å². The lowest BCUT2D eigenvalue weighted by Crippen LogP contribution is -2.41. The molecule has 1 heterocycles. The van der Waals surface area contributed by atoms with Gasteiger partial charge < -0.3 is 9.88 Å². The number of nitrogens with one attached hydrogen (secondary N) is 2. The normalized spacial score (nSPS) is 12.9. The van der Waals surface area contributed by atoms with Gasteiger partial charge in [0.25, 0.3) is 0 Å². The van der Waals surface area contributed by atoms with Crippen LogP contribution in [0.3, 0.4) is 0 Å². The fourth-order valence-corrected chi connectivity index (χ4v) is 3.89. The summed E-state index contributed by atoms with van der Waals surface area (Å²) in [6, 6.07) is 11.3. The van der Waals surface area contributed by atoms with Crippen LogP contribution in [0.5, 0.6) is 0 Å². The minimum Gasteiger partial charge on any atom is -0.350 e. The predicted molar refractivity (Wildman–Crippen MR) is 97.7 cm³/mol. The highest BCUT2D eigenvalue weighted by molar-refractivity contribution is 7.89. The first-order chi connectivity index (χ1) is 12.3. The Morgan fingerprint density at radius 2 is 1.88 bits per heavy atom. The number of aromatic nitrogens is 1. The highest BCUT2D eigenvalue weighted by Gasteiger charge is 2.24. The summed E-state index contributed by atoms with van der Waals surface area (Å²) in [6.07, 6.45) is 1.90. The van der Waals surface area contributed by atoms with E-state index in [1.54, 1.807) is 12.1 Å². The number of sulfonamides is 1. The van der Waals surface area contributed by atoms with Gasteiger partial charge in [0.1, 0.15) is 10.7 Å². The molecule has 3 aromatic rings. The van der Waals surface area contributed by atoms with Gasteiger partial charge in [0.05, 0.1) is 6.04 Å². The molecule has 3 rings (SSSR count). The van der Waals surface area contributed by atoms with Gasteiger partial charge in [0, 0.05) is 24.4 Å². The van der Waals surface area contributed by atoms with E-state index in [-0.39, 0.29) is 0 Å². The van der Waals surface area contributed by atoms with Crippen molar-refractivity contribution >= 4 is 32.5 Å². The first-order valence-electron chi connectivity index (χ1n) is 7.91. The number of rotatable bonds is 5. The number of benzene rings is 2. The van der Waals surface area contributed by atoms with Crippen LogP contribution < -0.4 is 10.0 Å². The lowest BCUT2D eigenvalue weighted by Gasteiger charge is -2.15. The molecule has 0 fully saturated rings. The molecule has 0 radical (unpaired) electrons. The summed E-state index contributed by atoms with van der Waals surface area (Å²) < 4.78 is 42.4. The van der Waals surface area contributed by atoms with Gasteiger partial charge in [-0.15, -0.1) is 0 Å². The molecule has 0 aliphatic heterocycles. The Morgan fingerprint density at radius 1 is 1.15 bits per heavy atom. The summed E-state index contributed by atoms with van der Waals surface area (Å²) in [5.74, 6) is -1.42. The Hall–Kier alpha value is -2.71. The summed E-state index contributed by atoms with van der Waals surface area (Å²) >= 11 is 0. The molecule has 0 unspecified atom stereocenters. The molecule has 0 saturated carbocycles. The second-order valence-corrected chi connectivity index (χ2v) is 7.65. The summed E-state index contributed by atoms with van der Waals surface area (Å²) in [4.78, 5) is 11.8. The zero-order valence-electron chi connectivity index (χ0n) is 14.2. The average molecular weight is 375 g/mol. The lowest BCUT2D eigenvalue weighted by molar-refractivity contribution is -0.117. The maximum absolute atomic E-state index is 13.7. The van der Waals surface area contributed by atoms with E-state index in [0.29, 0.717) is 5.69 Å². The van der Waals surface area contributed by atoms with E-state index in [9.17, 15) is 17.6 Å². The van der Waals surface area contributed by atoms with Crippen LogP contribution in [0.2, 0.25) is 0 Å². The number of fused-ring (bicyclic) bond motifs is 1. The molecule has 2 aromatic carbocycles. The van der Waals surface area contributed by atoms with Crippen LogP contribution in [0.1, 0.15) is 6.92 Å². The minimum atomic E-state index is -4.15. The first kappa shape index (κ1) is 18.1. The molecule has 0 aliphatic rings. The van der Waals surface area contributed by atoms with Gasteiger partial charge >= 0.3 is 0 Å². The van der Waals surface area contributed by atoms with Crippen LogP contribution in [0.15, 0.2) is 59.6 Å². The quantitative estimate of drug-likeness (QED) is 0.719. The van der Waals surface area contributed by atoms with E-state index in [2.05, 4.69) is 10.0 Å². The molecular formula is C18H18FN3O3S. The molecule has 2 N–H and O–H groups in total. The van der Waals surface area contributed by atoms with Crippen LogP contribution in [0.4, 0.5) is 10.1 Å². The van der Waals surface area contributed by atoms with Gasteiger partial charge in [-0.2, -0.15) is 4.72 Å². The van der Waals surface area contributed by atoms with Gasteiger partial charge in [0.15, 0.2) is 0 Å². The van der Waals surface area contributed by atoms with E-state index in [1.807, 2.05) is 29.9 Å². The van der Waals surface area contributed by atoms with Crippen molar-refractivity contribution < 1.29 is 17.6 Å². The molecule has 26 heavy (non-hydrogen) atoms. The third-order valence-corrected chi connectivity index (χ3v) is 5.58. The number of carbonyl (C=O) groups excluding carboxylic acids is 1.